The van der Waals surface area contributed by atoms with Gasteiger partial charge in [-0.2, -0.15) is 0 Å². The summed E-state index contributed by atoms with van der Waals surface area (Å²) in [5, 5.41) is 11.0. The van der Waals surface area contributed by atoms with E-state index in [0.29, 0.717) is 17.8 Å². The summed E-state index contributed by atoms with van der Waals surface area (Å²) in [6.45, 7) is 21.7. The van der Waals surface area contributed by atoms with Crippen molar-refractivity contribution in [1.29, 1.82) is 0 Å². The Labute approximate surface area is 198 Å². The van der Waals surface area contributed by atoms with Crippen LogP contribution in [-0.2, 0) is 16.8 Å². The lowest BCUT2D eigenvalue weighted by Gasteiger charge is -2.51. The van der Waals surface area contributed by atoms with E-state index in [4.69, 9.17) is 4.74 Å². The van der Waals surface area contributed by atoms with Crippen molar-refractivity contribution in [3.63, 3.8) is 0 Å². The molecule has 0 radical (unpaired) electrons. The van der Waals surface area contributed by atoms with Crippen molar-refractivity contribution in [3.8, 4) is 0 Å². The Morgan fingerprint density at radius 3 is 2.00 bits per heavy atom. The monoisotopic (exact) mass is 440 g/mol. The molecule has 6 atom stereocenters. The van der Waals surface area contributed by atoms with Gasteiger partial charge in [0, 0.05) is 0 Å². The second-order valence-corrected chi connectivity index (χ2v) is 8.76. The minimum atomic E-state index is -0.619. The van der Waals surface area contributed by atoms with Crippen LogP contribution in [0.25, 0.3) is 0 Å². The molecule has 1 N–H and O–H groups in total. The summed E-state index contributed by atoms with van der Waals surface area (Å²) in [7, 11) is 0. The number of hydrogen-bond donors (Lipinski definition) is 1. The Hall–Kier alpha value is -1.64. The van der Waals surface area contributed by atoms with E-state index in [2.05, 4.69) is 59.7 Å². The Morgan fingerprint density at radius 2 is 1.47 bits per heavy atom. The molecule has 0 aromatic heterocycles. The number of hydrogen-bond acceptors (Lipinski definition) is 2. The highest BCUT2D eigenvalue weighted by atomic mass is 16.5. The molecule has 0 amide bonds. The summed E-state index contributed by atoms with van der Waals surface area (Å²) in [4.78, 5) is 0. The zero-order chi connectivity index (χ0) is 24.5. The molecule has 1 aliphatic heterocycles. The van der Waals surface area contributed by atoms with Gasteiger partial charge >= 0.3 is 0 Å². The van der Waals surface area contributed by atoms with E-state index in [9.17, 15) is 5.11 Å². The zero-order valence-electron chi connectivity index (χ0n) is 22.3. The normalized spacial score (nSPS) is 28.0. The number of aliphatic hydroxyl groups is 1. The van der Waals surface area contributed by atoms with E-state index >= 15 is 0 Å². The van der Waals surface area contributed by atoms with E-state index in [1.54, 1.807) is 0 Å². The SMILES string of the molecule is CC.CC.CCc1ccc(C(O)c2ccccc2)cc1C1(C)OC(CC)C(C)C(C)C1C. The molecule has 2 aromatic rings. The summed E-state index contributed by atoms with van der Waals surface area (Å²) in [6.07, 6.45) is 1.64. The van der Waals surface area contributed by atoms with E-state index in [0.717, 1.165) is 24.0 Å². The highest BCUT2D eigenvalue weighted by molar-refractivity contribution is 5.40. The number of benzene rings is 2. The number of aliphatic hydroxyl groups excluding tert-OH is 1. The molecule has 2 heteroatoms. The van der Waals surface area contributed by atoms with Gasteiger partial charge < -0.3 is 9.84 Å². The van der Waals surface area contributed by atoms with Gasteiger partial charge in [0.1, 0.15) is 6.10 Å². The lowest BCUT2D eigenvalue weighted by molar-refractivity contribution is -0.199. The molecule has 180 valence electrons. The maximum atomic E-state index is 11.0. The van der Waals surface area contributed by atoms with Gasteiger partial charge in [-0.05, 0) is 65.8 Å². The van der Waals surface area contributed by atoms with Gasteiger partial charge in [-0.3, -0.25) is 0 Å². The van der Waals surface area contributed by atoms with Crippen LogP contribution < -0.4 is 0 Å². The molecule has 0 spiro atoms. The summed E-state index contributed by atoms with van der Waals surface area (Å²) < 4.78 is 6.81. The van der Waals surface area contributed by atoms with Crippen LogP contribution in [0.4, 0.5) is 0 Å². The molecule has 2 nitrogen and oxygen atoms in total. The highest BCUT2D eigenvalue weighted by Crippen LogP contribution is 2.49. The molecular formula is C30H48O2. The van der Waals surface area contributed by atoms with Crippen molar-refractivity contribution in [2.24, 2.45) is 17.8 Å². The molecule has 0 saturated carbocycles. The second-order valence-electron chi connectivity index (χ2n) is 8.76. The van der Waals surface area contributed by atoms with Gasteiger partial charge in [-0.25, -0.2) is 0 Å². The summed E-state index contributed by atoms with van der Waals surface area (Å²) in [6, 6.07) is 16.3. The summed E-state index contributed by atoms with van der Waals surface area (Å²) >= 11 is 0. The fraction of sp³-hybridized carbons (Fsp3) is 0.600. The van der Waals surface area contributed by atoms with E-state index in [1.807, 2.05) is 58.0 Å². The Kier molecular flexibility index (Phi) is 11.7. The molecule has 1 heterocycles. The molecule has 3 rings (SSSR count). The van der Waals surface area contributed by atoms with Crippen molar-refractivity contribution in [1.82, 2.24) is 0 Å². The predicted molar refractivity (Wildman–Crippen MR) is 139 cm³/mol. The first kappa shape index (κ1) is 28.4. The second kappa shape index (κ2) is 13.2. The van der Waals surface area contributed by atoms with Crippen LogP contribution in [0.1, 0.15) is 104 Å². The van der Waals surface area contributed by atoms with Crippen molar-refractivity contribution in [2.45, 2.75) is 99.9 Å². The fourth-order valence-corrected chi connectivity index (χ4v) is 4.95. The molecular weight excluding hydrogens is 392 g/mol. The van der Waals surface area contributed by atoms with Crippen LogP contribution in [0.3, 0.4) is 0 Å². The lowest BCUT2D eigenvalue weighted by atomic mass is 9.67. The van der Waals surface area contributed by atoms with Crippen LogP contribution in [0.15, 0.2) is 48.5 Å². The van der Waals surface area contributed by atoms with Crippen LogP contribution >= 0.6 is 0 Å². The zero-order valence-corrected chi connectivity index (χ0v) is 22.3. The van der Waals surface area contributed by atoms with Gasteiger partial charge in [0.25, 0.3) is 0 Å². The van der Waals surface area contributed by atoms with Gasteiger partial charge in [0.2, 0.25) is 0 Å². The third-order valence-electron chi connectivity index (χ3n) is 7.35. The Balaban J connectivity index is 0.00000121. The van der Waals surface area contributed by atoms with Crippen molar-refractivity contribution in [3.05, 3.63) is 70.8 Å². The lowest BCUT2D eigenvalue weighted by Crippen LogP contribution is -2.50. The molecule has 0 aliphatic carbocycles. The average Bonchev–Trinajstić information content (AvgIpc) is 2.87. The van der Waals surface area contributed by atoms with E-state index < -0.39 is 6.10 Å². The molecule has 2 aromatic carbocycles. The first-order valence-electron chi connectivity index (χ1n) is 12.9. The van der Waals surface area contributed by atoms with Gasteiger partial charge in [-0.15, -0.1) is 0 Å². The molecule has 1 saturated heterocycles. The molecule has 0 bridgehead atoms. The molecule has 6 unspecified atom stereocenters. The fourth-order valence-electron chi connectivity index (χ4n) is 4.95. The van der Waals surface area contributed by atoms with Crippen LogP contribution in [0.2, 0.25) is 0 Å². The van der Waals surface area contributed by atoms with Gasteiger partial charge in [0.15, 0.2) is 0 Å². The maximum absolute atomic E-state index is 11.0. The highest BCUT2D eigenvalue weighted by Gasteiger charge is 2.47. The summed E-state index contributed by atoms with van der Waals surface area (Å²) in [5.74, 6) is 1.53. The Bertz CT molecular complexity index is 783. The molecule has 1 aliphatic rings. The first-order valence-corrected chi connectivity index (χ1v) is 12.9. The number of ether oxygens (including phenoxy) is 1. The minimum absolute atomic E-state index is 0.267. The minimum Gasteiger partial charge on any atom is -0.384 e. The van der Waals surface area contributed by atoms with Crippen LogP contribution in [0.5, 0.6) is 0 Å². The third kappa shape index (κ3) is 5.83. The quantitative estimate of drug-likeness (QED) is 0.506. The van der Waals surface area contributed by atoms with Gasteiger partial charge in [0.05, 0.1) is 11.7 Å². The first-order chi connectivity index (χ1) is 15.3. The average molecular weight is 441 g/mol. The topological polar surface area (TPSA) is 29.5 Å². The van der Waals surface area contributed by atoms with Gasteiger partial charge in [-0.1, -0.05) is 105 Å². The van der Waals surface area contributed by atoms with E-state index in [1.165, 1.54) is 11.1 Å². The maximum Gasteiger partial charge on any atom is 0.104 e. The summed E-state index contributed by atoms with van der Waals surface area (Å²) in [5.41, 5.74) is 4.08. The Morgan fingerprint density at radius 1 is 0.875 bits per heavy atom. The van der Waals surface area contributed by atoms with Crippen molar-refractivity contribution in [2.75, 3.05) is 0 Å². The molecule has 1 fully saturated rings. The van der Waals surface area contributed by atoms with Crippen molar-refractivity contribution >= 4 is 0 Å². The molecule has 32 heavy (non-hydrogen) atoms. The smallest absolute Gasteiger partial charge is 0.104 e. The third-order valence-corrected chi connectivity index (χ3v) is 7.35. The van der Waals surface area contributed by atoms with Crippen LogP contribution in [-0.4, -0.2) is 11.2 Å². The van der Waals surface area contributed by atoms with Crippen LogP contribution in [0, 0.1) is 17.8 Å². The largest absolute Gasteiger partial charge is 0.384 e. The van der Waals surface area contributed by atoms with Crippen molar-refractivity contribution < 1.29 is 9.84 Å². The van der Waals surface area contributed by atoms with E-state index in [-0.39, 0.29) is 11.7 Å². The standard InChI is InChI=1S/C26H36O2.2C2H6/c1-7-20-14-15-22(25(27)21-12-10-9-11-13-21)16-23(20)26(6)19(5)17(3)18(4)24(8-2)28-26;2*1-2/h9-19,24-25,27H,7-8H2,1-6H3;2*1-2H3. The predicted octanol–water partition coefficient (Wildman–Crippen LogP) is 8.32. The number of rotatable bonds is 5. The number of aryl methyl sites for hydroxylation is 1.